The number of hydrogen-bond acceptors (Lipinski definition) is 5. The molecule has 0 aromatic heterocycles. The van der Waals surface area contributed by atoms with Crippen molar-refractivity contribution >= 4 is 5.91 Å². The summed E-state index contributed by atoms with van der Waals surface area (Å²) >= 11 is 0. The summed E-state index contributed by atoms with van der Waals surface area (Å²) in [6.45, 7) is 2.21. The summed E-state index contributed by atoms with van der Waals surface area (Å²) in [7, 11) is 0. The largest absolute Gasteiger partial charge is 0.489 e. The van der Waals surface area contributed by atoms with Gasteiger partial charge in [-0.25, -0.2) is 4.39 Å². The SMILES string of the molecule is NC/C(=C\F)COc1ccc(C23CCC(C(=O)NCC4(CO)CCOCC4)(CC2)CC3)cc1. The summed E-state index contributed by atoms with van der Waals surface area (Å²) in [4.78, 5) is 13.3. The number of aliphatic hydroxyl groups excluding tert-OH is 1. The van der Waals surface area contributed by atoms with Gasteiger partial charge in [0.05, 0.1) is 12.9 Å². The molecule has 7 heteroatoms. The van der Waals surface area contributed by atoms with E-state index < -0.39 is 0 Å². The average Bonchev–Trinajstić information content (AvgIpc) is 2.90. The van der Waals surface area contributed by atoms with Crippen LogP contribution in [-0.4, -0.2) is 50.5 Å². The van der Waals surface area contributed by atoms with Gasteiger partial charge in [-0.3, -0.25) is 4.79 Å². The molecule has 5 rings (SSSR count). The second-order valence-electron chi connectivity index (χ2n) is 10.3. The van der Waals surface area contributed by atoms with Crippen LogP contribution in [0.25, 0.3) is 0 Å². The van der Waals surface area contributed by atoms with E-state index in [-0.39, 0.29) is 41.9 Å². The van der Waals surface area contributed by atoms with E-state index in [1.807, 2.05) is 12.1 Å². The molecule has 1 aromatic rings. The van der Waals surface area contributed by atoms with E-state index in [1.165, 1.54) is 5.56 Å². The Balaban J connectivity index is 1.34. The lowest BCUT2D eigenvalue weighted by Gasteiger charge is -2.53. The van der Waals surface area contributed by atoms with Gasteiger partial charge in [0.15, 0.2) is 0 Å². The number of amides is 1. The molecule has 3 saturated carbocycles. The summed E-state index contributed by atoms with van der Waals surface area (Å²) in [6, 6.07) is 8.13. The first-order valence-electron chi connectivity index (χ1n) is 12.2. The minimum absolute atomic E-state index is 0.0874. The fourth-order valence-corrected chi connectivity index (χ4v) is 5.83. The van der Waals surface area contributed by atoms with Crippen LogP contribution in [0.4, 0.5) is 4.39 Å². The number of rotatable bonds is 9. The predicted octanol–water partition coefficient (Wildman–Crippen LogP) is 3.37. The molecule has 1 saturated heterocycles. The molecule has 0 atom stereocenters. The Hall–Kier alpha value is -1.96. The van der Waals surface area contributed by atoms with E-state index >= 15 is 0 Å². The van der Waals surface area contributed by atoms with Gasteiger partial charge in [0.1, 0.15) is 12.4 Å². The van der Waals surface area contributed by atoms with Gasteiger partial charge in [-0.15, -0.1) is 0 Å². The molecule has 182 valence electrons. The van der Waals surface area contributed by atoms with E-state index in [2.05, 4.69) is 17.4 Å². The Morgan fingerprint density at radius 2 is 1.73 bits per heavy atom. The van der Waals surface area contributed by atoms with E-state index in [0.29, 0.717) is 37.4 Å². The molecule has 4 aliphatic rings. The highest BCUT2D eigenvalue weighted by Gasteiger charge is 2.53. The van der Waals surface area contributed by atoms with Crippen molar-refractivity contribution < 1.29 is 23.8 Å². The molecule has 0 unspecified atom stereocenters. The van der Waals surface area contributed by atoms with Crippen molar-refractivity contribution in [3.63, 3.8) is 0 Å². The van der Waals surface area contributed by atoms with Crippen molar-refractivity contribution in [2.24, 2.45) is 16.6 Å². The van der Waals surface area contributed by atoms with E-state index in [9.17, 15) is 14.3 Å². The average molecular weight is 461 g/mol. The molecular formula is C26H37FN2O4. The molecule has 1 aliphatic heterocycles. The molecule has 1 aromatic carbocycles. The smallest absolute Gasteiger partial charge is 0.226 e. The van der Waals surface area contributed by atoms with Gasteiger partial charge in [0.25, 0.3) is 0 Å². The minimum atomic E-state index is -0.274. The highest BCUT2D eigenvalue weighted by atomic mass is 19.1. The number of carbonyl (C=O) groups excluding carboxylic acids is 1. The van der Waals surface area contributed by atoms with Gasteiger partial charge in [-0.1, -0.05) is 12.1 Å². The summed E-state index contributed by atoms with van der Waals surface area (Å²) < 4.78 is 23.8. The molecule has 1 heterocycles. The standard InChI is InChI=1S/C26H37FN2O4/c27-15-20(16-28)17-33-22-3-1-21(2-4-22)25-5-8-26(9-6-25,10-7-25)23(31)29-18-24(19-30)11-13-32-14-12-24/h1-4,15,30H,5-14,16-19,28H2,(H,29,31)/b20-15+. The monoisotopic (exact) mass is 460 g/mol. The van der Waals surface area contributed by atoms with Crippen LogP contribution >= 0.6 is 0 Å². The maximum absolute atomic E-state index is 13.3. The molecule has 2 bridgehead atoms. The van der Waals surface area contributed by atoms with Gasteiger partial charge in [-0.05, 0) is 74.5 Å². The number of nitrogens with two attached hydrogens (primary N) is 1. The van der Waals surface area contributed by atoms with Gasteiger partial charge >= 0.3 is 0 Å². The lowest BCUT2D eigenvalue weighted by Crippen LogP contribution is -2.54. The predicted molar refractivity (Wildman–Crippen MR) is 125 cm³/mol. The fraction of sp³-hybridized carbons (Fsp3) is 0.654. The van der Waals surface area contributed by atoms with E-state index in [1.54, 1.807) is 0 Å². The molecule has 1 amide bonds. The van der Waals surface area contributed by atoms with Crippen LogP contribution in [0.3, 0.4) is 0 Å². The van der Waals surface area contributed by atoms with Crippen molar-refractivity contribution in [2.45, 2.75) is 56.8 Å². The Morgan fingerprint density at radius 3 is 2.27 bits per heavy atom. The number of carbonyl (C=O) groups is 1. The molecular weight excluding hydrogens is 423 g/mol. The number of halogens is 1. The van der Waals surface area contributed by atoms with Crippen LogP contribution in [-0.2, 0) is 14.9 Å². The summed E-state index contributed by atoms with van der Waals surface area (Å²) in [5.74, 6) is 0.865. The summed E-state index contributed by atoms with van der Waals surface area (Å²) in [6.07, 6.45) is 7.78. The molecule has 0 radical (unpaired) electrons. The first-order valence-corrected chi connectivity index (χ1v) is 12.2. The Kier molecular flexibility index (Phi) is 7.41. The number of aliphatic hydroxyl groups is 1. The van der Waals surface area contributed by atoms with Crippen LogP contribution in [0.1, 0.15) is 56.9 Å². The Labute approximate surface area is 195 Å². The highest BCUT2D eigenvalue weighted by Crippen LogP contribution is 2.58. The van der Waals surface area contributed by atoms with E-state index in [0.717, 1.165) is 51.4 Å². The minimum Gasteiger partial charge on any atom is -0.489 e. The van der Waals surface area contributed by atoms with Crippen molar-refractivity contribution in [3.05, 3.63) is 41.7 Å². The highest BCUT2D eigenvalue weighted by molar-refractivity contribution is 5.83. The first kappa shape index (κ1) is 24.2. The molecule has 33 heavy (non-hydrogen) atoms. The number of hydrogen-bond donors (Lipinski definition) is 3. The van der Waals surface area contributed by atoms with Crippen molar-refractivity contribution in [1.29, 1.82) is 0 Å². The normalized spacial score (nSPS) is 29.0. The number of nitrogens with one attached hydrogen (secondary N) is 1. The zero-order valence-corrected chi connectivity index (χ0v) is 19.4. The second-order valence-corrected chi connectivity index (χ2v) is 10.3. The fourth-order valence-electron chi connectivity index (χ4n) is 5.83. The Morgan fingerprint density at radius 1 is 1.09 bits per heavy atom. The molecule has 4 fully saturated rings. The van der Waals surface area contributed by atoms with Crippen LogP contribution < -0.4 is 15.8 Å². The van der Waals surface area contributed by atoms with Crippen molar-refractivity contribution in [1.82, 2.24) is 5.32 Å². The molecule has 3 aliphatic carbocycles. The quantitative estimate of drug-likeness (QED) is 0.525. The third-order valence-corrected chi connectivity index (χ3v) is 8.55. The number of benzene rings is 1. The van der Waals surface area contributed by atoms with Gasteiger partial charge < -0.3 is 25.6 Å². The lowest BCUT2D eigenvalue weighted by atomic mass is 9.51. The molecule has 0 spiro atoms. The summed E-state index contributed by atoms with van der Waals surface area (Å²) in [5, 5.41) is 13.1. The van der Waals surface area contributed by atoms with E-state index in [4.69, 9.17) is 15.2 Å². The zero-order valence-electron chi connectivity index (χ0n) is 19.4. The summed E-state index contributed by atoms with van der Waals surface area (Å²) in [5.41, 5.74) is 6.80. The van der Waals surface area contributed by atoms with Crippen molar-refractivity contribution in [3.8, 4) is 5.75 Å². The lowest BCUT2D eigenvalue weighted by molar-refractivity contribution is -0.139. The number of fused-ring (bicyclic) bond motifs is 3. The topological polar surface area (TPSA) is 93.8 Å². The maximum Gasteiger partial charge on any atom is 0.226 e. The molecule has 6 nitrogen and oxygen atoms in total. The zero-order chi connectivity index (χ0) is 23.4. The Bertz CT molecular complexity index is 824. The van der Waals surface area contributed by atoms with Gasteiger partial charge in [0.2, 0.25) is 5.91 Å². The van der Waals surface area contributed by atoms with Gasteiger partial charge in [-0.2, -0.15) is 0 Å². The van der Waals surface area contributed by atoms with Crippen LogP contribution in [0.5, 0.6) is 5.75 Å². The van der Waals surface area contributed by atoms with Crippen LogP contribution in [0.15, 0.2) is 36.2 Å². The first-order chi connectivity index (χ1) is 16.0. The third-order valence-electron chi connectivity index (χ3n) is 8.55. The number of ether oxygens (including phenoxy) is 2. The maximum atomic E-state index is 13.3. The van der Waals surface area contributed by atoms with Crippen LogP contribution in [0.2, 0.25) is 0 Å². The van der Waals surface area contributed by atoms with Gasteiger partial charge in [0, 0.05) is 42.7 Å². The second kappa shape index (κ2) is 10.1. The third kappa shape index (κ3) is 4.96. The molecule has 4 N–H and O–H groups in total. The van der Waals surface area contributed by atoms with Crippen LogP contribution in [0, 0.1) is 10.8 Å². The van der Waals surface area contributed by atoms with Crippen molar-refractivity contribution in [2.75, 3.05) is 39.5 Å².